The molecule has 10 heteroatoms. The predicted octanol–water partition coefficient (Wildman–Crippen LogP) is 3.29. The van der Waals surface area contributed by atoms with Gasteiger partial charge in [0.05, 0.1) is 12.4 Å². The number of thioether (sulfide) groups is 1. The van der Waals surface area contributed by atoms with Crippen molar-refractivity contribution in [3.63, 3.8) is 0 Å². The number of ether oxygens (including phenoxy) is 2. The summed E-state index contributed by atoms with van der Waals surface area (Å²) in [6.07, 6.45) is 1.65. The molecule has 148 valence electrons. The van der Waals surface area contributed by atoms with Gasteiger partial charge in [0.1, 0.15) is 6.61 Å². The Kier molecular flexibility index (Phi) is 6.88. The Bertz CT molecular complexity index is 927. The molecule has 0 aliphatic carbocycles. The highest BCUT2D eigenvalue weighted by Crippen LogP contribution is 2.29. The topological polar surface area (TPSA) is 91.2 Å². The normalized spacial score (nSPS) is 10.7. The van der Waals surface area contributed by atoms with Gasteiger partial charge in [0.15, 0.2) is 27.6 Å². The van der Waals surface area contributed by atoms with Gasteiger partial charge in [0, 0.05) is 18.6 Å². The summed E-state index contributed by atoms with van der Waals surface area (Å²) in [7, 11) is 1.85. The van der Waals surface area contributed by atoms with Crippen molar-refractivity contribution in [3.05, 3.63) is 41.2 Å². The highest BCUT2D eigenvalue weighted by Gasteiger charge is 2.14. The molecule has 8 nitrogen and oxygen atoms in total. The third-order valence-electron chi connectivity index (χ3n) is 3.69. The zero-order chi connectivity index (χ0) is 19.9. The summed E-state index contributed by atoms with van der Waals surface area (Å²) in [5.41, 5.74) is 1.10. The summed E-state index contributed by atoms with van der Waals surface area (Å²) >= 11 is 2.68. The van der Waals surface area contributed by atoms with E-state index < -0.39 is 0 Å². The van der Waals surface area contributed by atoms with Crippen LogP contribution in [0.5, 0.6) is 11.5 Å². The fourth-order valence-corrected chi connectivity index (χ4v) is 3.59. The Labute approximate surface area is 171 Å². The maximum Gasteiger partial charge on any atom is 0.236 e. The van der Waals surface area contributed by atoms with Crippen LogP contribution in [0.4, 0.5) is 5.13 Å². The standard InChI is InChI=1S/C18H21N5O3S2/c1-4-25-14-9-12(2)5-6-13(14)26-10-15-21-22-18(23(15)3)28-11-16(24)20-17-19-7-8-27-17/h5-9H,4,10-11H2,1-3H3,(H,19,20,24). The van der Waals surface area contributed by atoms with E-state index >= 15 is 0 Å². The molecule has 2 aromatic heterocycles. The molecule has 3 aromatic rings. The molecule has 0 radical (unpaired) electrons. The number of rotatable bonds is 9. The highest BCUT2D eigenvalue weighted by molar-refractivity contribution is 7.99. The van der Waals surface area contributed by atoms with Gasteiger partial charge in [-0.25, -0.2) is 4.98 Å². The van der Waals surface area contributed by atoms with E-state index in [0.717, 1.165) is 5.56 Å². The lowest BCUT2D eigenvalue weighted by Gasteiger charge is -2.12. The largest absolute Gasteiger partial charge is 0.490 e. The molecule has 28 heavy (non-hydrogen) atoms. The molecule has 0 atom stereocenters. The summed E-state index contributed by atoms with van der Waals surface area (Å²) in [6, 6.07) is 5.80. The van der Waals surface area contributed by atoms with E-state index in [-0.39, 0.29) is 18.3 Å². The molecule has 0 saturated heterocycles. The Hall–Kier alpha value is -2.59. The van der Waals surface area contributed by atoms with Crippen LogP contribution in [0.3, 0.4) is 0 Å². The molecule has 3 rings (SSSR count). The van der Waals surface area contributed by atoms with Crippen LogP contribution in [0.2, 0.25) is 0 Å². The SMILES string of the molecule is CCOc1cc(C)ccc1OCc1nnc(SCC(=O)Nc2nccs2)n1C. The van der Waals surface area contributed by atoms with Gasteiger partial charge < -0.3 is 19.4 Å². The number of thiazole rings is 1. The lowest BCUT2D eigenvalue weighted by atomic mass is 10.2. The van der Waals surface area contributed by atoms with Gasteiger partial charge in [0.25, 0.3) is 0 Å². The maximum atomic E-state index is 12.0. The fraction of sp³-hybridized carbons (Fsp3) is 0.333. The Morgan fingerprint density at radius 1 is 1.29 bits per heavy atom. The van der Waals surface area contributed by atoms with Gasteiger partial charge in [-0.2, -0.15) is 0 Å². The smallest absolute Gasteiger partial charge is 0.236 e. The average molecular weight is 420 g/mol. The van der Waals surface area contributed by atoms with Crippen LogP contribution in [-0.4, -0.2) is 38.0 Å². The van der Waals surface area contributed by atoms with Crippen LogP contribution in [-0.2, 0) is 18.4 Å². The van der Waals surface area contributed by atoms with Crippen molar-refractivity contribution in [2.75, 3.05) is 17.7 Å². The minimum atomic E-state index is -0.137. The van der Waals surface area contributed by atoms with Crippen molar-refractivity contribution in [2.24, 2.45) is 7.05 Å². The Balaban J connectivity index is 1.57. The van der Waals surface area contributed by atoms with Crippen LogP contribution in [0.25, 0.3) is 0 Å². The van der Waals surface area contributed by atoms with Crippen LogP contribution < -0.4 is 14.8 Å². The summed E-state index contributed by atoms with van der Waals surface area (Å²) in [5, 5.41) is 14.1. The van der Waals surface area contributed by atoms with E-state index in [1.165, 1.54) is 23.1 Å². The molecule has 0 fully saturated rings. The van der Waals surface area contributed by atoms with Crippen LogP contribution in [0.1, 0.15) is 18.3 Å². The van der Waals surface area contributed by atoms with E-state index in [4.69, 9.17) is 9.47 Å². The summed E-state index contributed by atoms with van der Waals surface area (Å²) in [6.45, 7) is 4.75. The lowest BCUT2D eigenvalue weighted by molar-refractivity contribution is -0.113. The summed E-state index contributed by atoms with van der Waals surface area (Å²) < 4.78 is 13.3. The first-order valence-electron chi connectivity index (χ1n) is 8.63. The molecule has 2 heterocycles. The van der Waals surface area contributed by atoms with E-state index in [2.05, 4.69) is 20.5 Å². The van der Waals surface area contributed by atoms with Gasteiger partial charge in [-0.1, -0.05) is 17.8 Å². The minimum Gasteiger partial charge on any atom is -0.490 e. The second kappa shape index (κ2) is 9.56. The number of carbonyl (C=O) groups is 1. The number of benzene rings is 1. The van der Waals surface area contributed by atoms with Crippen molar-refractivity contribution < 1.29 is 14.3 Å². The monoisotopic (exact) mass is 419 g/mol. The number of carbonyl (C=O) groups excluding carboxylic acids is 1. The minimum absolute atomic E-state index is 0.137. The van der Waals surface area contributed by atoms with E-state index in [1.807, 2.05) is 49.0 Å². The van der Waals surface area contributed by atoms with E-state index in [9.17, 15) is 4.79 Å². The first-order chi connectivity index (χ1) is 13.6. The quantitative estimate of drug-likeness (QED) is 0.532. The molecule has 1 amide bonds. The predicted molar refractivity (Wildman–Crippen MR) is 109 cm³/mol. The zero-order valence-corrected chi connectivity index (χ0v) is 17.5. The average Bonchev–Trinajstić information content (AvgIpc) is 3.30. The maximum absolute atomic E-state index is 12.0. The van der Waals surface area contributed by atoms with E-state index in [0.29, 0.717) is 34.2 Å². The molecular formula is C18H21N5O3S2. The summed E-state index contributed by atoms with van der Waals surface area (Å²) in [4.78, 5) is 16.0. The number of hydrogen-bond acceptors (Lipinski definition) is 8. The number of nitrogens with zero attached hydrogens (tertiary/aromatic N) is 4. The number of aromatic nitrogens is 4. The number of anilines is 1. The number of hydrogen-bond donors (Lipinski definition) is 1. The molecule has 1 aromatic carbocycles. The molecule has 0 spiro atoms. The second-order valence-electron chi connectivity index (χ2n) is 5.80. The van der Waals surface area contributed by atoms with Crippen LogP contribution in [0.15, 0.2) is 34.9 Å². The molecular weight excluding hydrogens is 398 g/mol. The third kappa shape index (κ3) is 5.23. The van der Waals surface area contributed by atoms with Crippen LogP contribution in [0, 0.1) is 6.92 Å². The lowest BCUT2D eigenvalue weighted by Crippen LogP contribution is -2.14. The zero-order valence-electron chi connectivity index (χ0n) is 15.8. The number of nitrogens with one attached hydrogen (secondary N) is 1. The van der Waals surface area contributed by atoms with E-state index in [1.54, 1.807) is 6.20 Å². The molecule has 0 aliphatic heterocycles. The molecule has 0 saturated carbocycles. The molecule has 0 aliphatic rings. The van der Waals surface area contributed by atoms with Crippen molar-refractivity contribution in [1.82, 2.24) is 19.7 Å². The first-order valence-corrected chi connectivity index (χ1v) is 10.5. The van der Waals surface area contributed by atoms with Crippen molar-refractivity contribution in [1.29, 1.82) is 0 Å². The van der Waals surface area contributed by atoms with Gasteiger partial charge >= 0.3 is 0 Å². The molecule has 1 N–H and O–H groups in total. The number of aryl methyl sites for hydroxylation is 1. The van der Waals surface area contributed by atoms with Gasteiger partial charge in [-0.3, -0.25) is 4.79 Å². The van der Waals surface area contributed by atoms with Gasteiger partial charge in [0.2, 0.25) is 5.91 Å². The number of amides is 1. The van der Waals surface area contributed by atoms with Crippen LogP contribution >= 0.6 is 23.1 Å². The molecule has 0 unspecified atom stereocenters. The van der Waals surface area contributed by atoms with Crippen molar-refractivity contribution in [2.45, 2.75) is 25.6 Å². The highest BCUT2D eigenvalue weighted by atomic mass is 32.2. The van der Waals surface area contributed by atoms with Gasteiger partial charge in [-0.05, 0) is 31.5 Å². The fourth-order valence-electron chi connectivity index (χ4n) is 2.31. The van der Waals surface area contributed by atoms with Crippen molar-refractivity contribution in [3.8, 4) is 11.5 Å². The Morgan fingerprint density at radius 2 is 2.14 bits per heavy atom. The molecule has 0 bridgehead atoms. The Morgan fingerprint density at radius 3 is 2.89 bits per heavy atom. The van der Waals surface area contributed by atoms with Gasteiger partial charge in [-0.15, -0.1) is 21.5 Å². The summed E-state index contributed by atoms with van der Waals surface area (Å²) in [5.74, 6) is 2.11. The first kappa shape index (κ1) is 20.2. The third-order valence-corrected chi connectivity index (χ3v) is 5.40. The second-order valence-corrected chi connectivity index (χ2v) is 7.64. The van der Waals surface area contributed by atoms with Crippen molar-refractivity contribution >= 4 is 34.1 Å².